The highest BCUT2D eigenvalue weighted by Gasteiger charge is 2.32. The monoisotopic (exact) mass is 367 g/mol. The van der Waals surface area contributed by atoms with Gasteiger partial charge >= 0.3 is 5.97 Å². The zero-order chi connectivity index (χ0) is 18.8. The van der Waals surface area contributed by atoms with Crippen molar-refractivity contribution < 1.29 is 19.0 Å². The first kappa shape index (κ1) is 17.7. The quantitative estimate of drug-likeness (QED) is 0.653. The Bertz CT molecular complexity index is 965. The molecule has 1 aliphatic carbocycles. The summed E-state index contributed by atoms with van der Waals surface area (Å²) < 4.78 is 22.5. The van der Waals surface area contributed by atoms with Gasteiger partial charge in [0.2, 0.25) is 0 Å². The van der Waals surface area contributed by atoms with Gasteiger partial charge in [-0.25, -0.2) is 4.39 Å². The summed E-state index contributed by atoms with van der Waals surface area (Å²) in [4.78, 5) is 11.7. The summed E-state index contributed by atoms with van der Waals surface area (Å²) >= 11 is 0. The number of hydrogen-bond donors (Lipinski definition) is 1. The van der Waals surface area contributed by atoms with Crippen molar-refractivity contribution in [1.29, 1.82) is 0 Å². The fraction of sp³-hybridized carbons (Fsp3) is 0.318. The summed E-state index contributed by atoms with van der Waals surface area (Å²) in [6, 6.07) is 14.9. The molecule has 1 N–H and O–H groups in total. The molecule has 4 rings (SSSR count). The molecule has 0 radical (unpaired) electrons. The number of benzene rings is 2. The number of aromatic nitrogens is 1. The molecule has 1 unspecified atom stereocenters. The van der Waals surface area contributed by atoms with Crippen LogP contribution in [0, 0.1) is 5.82 Å². The van der Waals surface area contributed by atoms with E-state index < -0.39 is 11.9 Å². The van der Waals surface area contributed by atoms with E-state index in [9.17, 15) is 14.3 Å². The first-order valence-electron chi connectivity index (χ1n) is 9.30. The van der Waals surface area contributed by atoms with Crippen LogP contribution < -0.4 is 0 Å². The molecule has 0 saturated heterocycles. The van der Waals surface area contributed by atoms with E-state index in [0.717, 1.165) is 29.6 Å². The van der Waals surface area contributed by atoms with E-state index in [-0.39, 0.29) is 5.82 Å². The summed E-state index contributed by atoms with van der Waals surface area (Å²) in [5.41, 5.74) is 3.47. The predicted octanol–water partition coefficient (Wildman–Crippen LogP) is 4.50. The molecule has 0 fully saturated rings. The minimum Gasteiger partial charge on any atom is -0.481 e. The van der Waals surface area contributed by atoms with Gasteiger partial charge in [-0.2, -0.15) is 0 Å². The summed E-state index contributed by atoms with van der Waals surface area (Å²) in [7, 11) is 0. The Morgan fingerprint density at radius 1 is 1.19 bits per heavy atom. The lowest BCUT2D eigenvalue weighted by molar-refractivity contribution is -0.139. The normalized spacial score (nSPS) is 16.4. The number of aliphatic carboxylic acids is 1. The Balaban J connectivity index is 1.63. The third kappa shape index (κ3) is 3.35. The van der Waals surface area contributed by atoms with Crippen molar-refractivity contribution in [2.75, 3.05) is 6.61 Å². The predicted molar refractivity (Wildman–Crippen MR) is 101 cm³/mol. The molecular formula is C22H22FNO3. The second-order valence-electron chi connectivity index (χ2n) is 6.97. The zero-order valence-electron chi connectivity index (χ0n) is 15.0. The van der Waals surface area contributed by atoms with Gasteiger partial charge in [0.1, 0.15) is 5.82 Å². The third-order valence-corrected chi connectivity index (χ3v) is 5.31. The Morgan fingerprint density at radius 3 is 2.78 bits per heavy atom. The van der Waals surface area contributed by atoms with Gasteiger partial charge in [-0.05, 0) is 42.5 Å². The SMILES string of the molecule is O=C(O)C1CCCc2c1c1c(F)cccc1n2CCOCc1ccccc1. The number of nitrogens with zero attached hydrogens (tertiary/aromatic N) is 1. The maximum Gasteiger partial charge on any atom is 0.311 e. The Morgan fingerprint density at radius 2 is 2.00 bits per heavy atom. The summed E-state index contributed by atoms with van der Waals surface area (Å²) in [5, 5.41) is 10.1. The van der Waals surface area contributed by atoms with Gasteiger partial charge in [0, 0.05) is 17.6 Å². The lowest BCUT2D eigenvalue weighted by Crippen LogP contribution is -2.19. The van der Waals surface area contributed by atoms with Crippen molar-refractivity contribution in [3.63, 3.8) is 0 Å². The molecule has 0 saturated carbocycles. The van der Waals surface area contributed by atoms with E-state index in [0.29, 0.717) is 37.1 Å². The van der Waals surface area contributed by atoms with Crippen LogP contribution >= 0.6 is 0 Å². The molecule has 0 spiro atoms. The molecule has 140 valence electrons. The Kier molecular flexibility index (Phi) is 4.94. The summed E-state index contributed by atoms with van der Waals surface area (Å²) in [6.07, 6.45) is 2.12. The Labute approximate surface area is 157 Å². The van der Waals surface area contributed by atoms with Crippen LogP contribution in [0.1, 0.15) is 35.6 Å². The minimum atomic E-state index is -0.876. The average Bonchev–Trinajstić information content (AvgIpc) is 3.01. The molecule has 0 bridgehead atoms. The van der Waals surface area contributed by atoms with Crippen molar-refractivity contribution >= 4 is 16.9 Å². The lowest BCUT2D eigenvalue weighted by atomic mass is 9.85. The summed E-state index contributed by atoms with van der Waals surface area (Å²) in [6.45, 7) is 1.59. The molecular weight excluding hydrogens is 345 g/mol. The molecule has 27 heavy (non-hydrogen) atoms. The van der Waals surface area contributed by atoms with Crippen LogP contribution in [0.25, 0.3) is 10.9 Å². The standard InChI is InChI=1S/C22H22FNO3/c23-17-9-5-11-19-21(17)20-16(22(25)26)8-4-10-18(20)24(19)12-13-27-14-15-6-2-1-3-7-15/h1-3,5-7,9,11,16H,4,8,10,12-14H2,(H,25,26). The fourth-order valence-electron chi connectivity index (χ4n) is 4.12. The highest BCUT2D eigenvalue weighted by molar-refractivity contribution is 5.92. The molecule has 4 nitrogen and oxygen atoms in total. The van der Waals surface area contributed by atoms with Crippen molar-refractivity contribution in [2.45, 2.75) is 38.3 Å². The number of fused-ring (bicyclic) bond motifs is 3. The van der Waals surface area contributed by atoms with Gasteiger partial charge in [0.15, 0.2) is 0 Å². The van der Waals surface area contributed by atoms with Gasteiger partial charge in [-0.15, -0.1) is 0 Å². The summed E-state index contributed by atoms with van der Waals surface area (Å²) in [5.74, 6) is -1.86. The van der Waals surface area contributed by atoms with Crippen LogP contribution in [0.2, 0.25) is 0 Å². The van der Waals surface area contributed by atoms with Crippen LogP contribution in [-0.2, 0) is 29.1 Å². The van der Waals surface area contributed by atoms with Crippen LogP contribution in [-0.4, -0.2) is 22.2 Å². The first-order valence-corrected chi connectivity index (χ1v) is 9.30. The molecule has 1 aliphatic rings. The molecule has 2 aromatic carbocycles. The maximum absolute atomic E-state index is 14.6. The van der Waals surface area contributed by atoms with E-state index in [4.69, 9.17) is 4.74 Å². The number of hydrogen-bond acceptors (Lipinski definition) is 2. The zero-order valence-corrected chi connectivity index (χ0v) is 15.0. The number of carboxylic acid groups (broad SMARTS) is 1. The van der Waals surface area contributed by atoms with E-state index in [1.807, 2.05) is 41.0 Å². The molecule has 0 aliphatic heterocycles. The van der Waals surface area contributed by atoms with Crippen molar-refractivity contribution in [3.05, 3.63) is 71.2 Å². The van der Waals surface area contributed by atoms with Crippen molar-refractivity contribution in [2.24, 2.45) is 0 Å². The van der Waals surface area contributed by atoms with E-state index in [2.05, 4.69) is 0 Å². The van der Waals surface area contributed by atoms with Crippen molar-refractivity contribution in [3.8, 4) is 0 Å². The molecule has 1 heterocycles. The second-order valence-corrected chi connectivity index (χ2v) is 6.97. The van der Waals surface area contributed by atoms with E-state index in [1.165, 1.54) is 6.07 Å². The molecule has 3 aromatic rings. The highest BCUT2D eigenvalue weighted by atomic mass is 19.1. The van der Waals surface area contributed by atoms with Gasteiger partial charge in [0.05, 0.1) is 24.6 Å². The van der Waals surface area contributed by atoms with E-state index >= 15 is 0 Å². The smallest absolute Gasteiger partial charge is 0.311 e. The maximum atomic E-state index is 14.6. The molecule has 1 atom stereocenters. The number of carboxylic acids is 1. The number of rotatable bonds is 6. The van der Waals surface area contributed by atoms with Crippen LogP contribution in [0.3, 0.4) is 0 Å². The van der Waals surface area contributed by atoms with Gasteiger partial charge in [0.25, 0.3) is 0 Å². The average molecular weight is 367 g/mol. The highest BCUT2D eigenvalue weighted by Crippen LogP contribution is 2.40. The van der Waals surface area contributed by atoms with Gasteiger partial charge in [-0.1, -0.05) is 36.4 Å². The molecule has 0 amide bonds. The van der Waals surface area contributed by atoms with Crippen LogP contribution in [0.4, 0.5) is 4.39 Å². The van der Waals surface area contributed by atoms with Crippen LogP contribution in [0.15, 0.2) is 48.5 Å². The lowest BCUT2D eigenvalue weighted by Gasteiger charge is -2.21. The number of halogens is 1. The number of ether oxygens (including phenoxy) is 1. The fourth-order valence-corrected chi connectivity index (χ4v) is 4.12. The topological polar surface area (TPSA) is 51.5 Å². The first-order chi connectivity index (χ1) is 13.2. The largest absolute Gasteiger partial charge is 0.481 e. The minimum absolute atomic E-state index is 0.346. The van der Waals surface area contributed by atoms with Crippen molar-refractivity contribution in [1.82, 2.24) is 4.57 Å². The second kappa shape index (κ2) is 7.53. The van der Waals surface area contributed by atoms with Gasteiger partial charge < -0.3 is 14.4 Å². The molecule has 1 aromatic heterocycles. The number of carbonyl (C=O) groups is 1. The van der Waals surface area contributed by atoms with E-state index in [1.54, 1.807) is 6.07 Å². The van der Waals surface area contributed by atoms with Crippen LogP contribution in [0.5, 0.6) is 0 Å². The molecule has 5 heteroatoms. The Hall–Kier alpha value is -2.66. The third-order valence-electron chi connectivity index (χ3n) is 5.31. The van der Waals surface area contributed by atoms with Gasteiger partial charge in [-0.3, -0.25) is 4.79 Å².